The summed E-state index contributed by atoms with van der Waals surface area (Å²) in [6.07, 6.45) is 2.97. The Balaban J connectivity index is 2.21. The van der Waals surface area contributed by atoms with Gasteiger partial charge in [0.15, 0.2) is 11.5 Å². The van der Waals surface area contributed by atoms with Crippen LogP contribution < -0.4 is 14.8 Å². The smallest absolute Gasteiger partial charge is 0.408 e. The van der Waals surface area contributed by atoms with Crippen LogP contribution in [0, 0.1) is 23.7 Å². The van der Waals surface area contributed by atoms with Gasteiger partial charge < -0.3 is 29.0 Å². The molecule has 0 aliphatic carbocycles. The molecule has 8 nitrogen and oxygen atoms in total. The third kappa shape index (κ3) is 10.9. The van der Waals surface area contributed by atoms with Crippen molar-refractivity contribution in [3.05, 3.63) is 23.8 Å². The van der Waals surface area contributed by atoms with Gasteiger partial charge in [0.1, 0.15) is 11.7 Å². The van der Waals surface area contributed by atoms with Crippen LogP contribution in [0.15, 0.2) is 18.2 Å². The first kappa shape index (κ1) is 32.7. The third-order valence-electron chi connectivity index (χ3n) is 7.24. The molecule has 1 fully saturated rings. The van der Waals surface area contributed by atoms with Gasteiger partial charge in [0, 0.05) is 13.7 Å². The zero-order chi connectivity index (χ0) is 29.2. The van der Waals surface area contributed by atoms with Crippen LogP contribution in [0.5, 0.6) is 11.5 Å². The largest absolute Gasteiger partial charge is 0.493 e. The highest BCUT2D eigenvalue weighted by Gasteiger charge is 2.42. The lowest BCUT2D eigenvalue weighted by molar-refractivity contribution is -0.146. The van der Waals surface area contributed by atoms with E-state index in [4.69, 9.17) is 23.7 Å². The van der Waals surface area contributed by atoms with Crippen LogP contribution in [0.4, 0.5) is 4.79 Å². The fraction of sp³-hybridized carbons (Fsp3) is 0.742. The molecular formula is C31H51NO7. The van der Waals surface area contributed by atoms with Crippen molar-refractivity contribution in [1.82, 2.24) is 5.32 Å². The first-order valence-corrected chi connectivity index (χ1v) is 14.3. The van der Waals surface area contributed by atoms with Gasteiger partial charge in [0.2, 0.25) is 0 Å². The van der Waals surface area contributed by atoms with E-state index >= 15 is 0 Å². The van der Waals surface area contributed by atoms with Crippen LogP contribution in [-0.2, 0) is 25.4 Å². The molecule has 1 aliphatic rings. The van der Waals surface area contributed by atoms with Crippen molar-refractivity contribution in [2.24, 2.45) is 23.7 Å². The summed E-state index contributed by atoms with van der Waals surface area (Å²) in [6, 6.07) is 5.70. The van der Waals surface area contributed by atoms with Gasteiger partial charge in [-0.2, -0.15) is 0 Å². The topological polar surface area (TPSA) is 92.3 Å². The molecule has 0 bridgehead atoms. The van der Waals surface area contributed by atoms with Crippen molar-refractivity contribution < 1.29 is 33.3 Å². The Labute approximate surface area is 235 Å². The minimum absolute atomic E-state index is 0.166. The van der Waals surface area contributed by atoms with Crippen LogP contribution in [0.3, 0.4) is 0 Å². The lowest BCUT2D eigenvalue weighted by atomic mass is 9.81. The summed E-state index contributed by atoms with van der Waals surface area (Å²) < 4.78 is 28.1. The first-order valence-electron chi connectivity index (χ1n) is 14.3. The zero-order valence-electron chi connectivity index (χ0n) is 25.5. The molecule has 0 aromatic heterocycles. The van der Waals surface area contributed by atoms with E-state index in [1.165, 1.54) is 0 Å². The van der Waals surface area contributed by atoms with E-state index in [0.717, 1.165) is 30.6 Å². The molecule has 1 aromatic rings. The van der Waals surface area contributed by atoms with Gasteiger partial charge in [-0.3, -0.25) is 4.79 Å². The van der Waals surface area contributed by atoms with Gasteiger partial charge in [-0.1, -0.05) is 33.8 Å². The summed E-state index contributed by atoms with van der Waals surface area (Å²) in [7, 11) is 3.34. The van der Waals surface area contributed by atoms with Crippen LogP contribution in [0.25, 0.3) is 0 Å². The van der Waals surface area contributed by atoms with Gasteiger partial charge >= 0.3 is 12.1 Å². The fourth-order valence-electron chi connectivity index (χ4n) is 4.90. The lowest BCUT2D eigenvalue weighted by Gasteiger charge is -2.31. The lowest BCUT2D eigenvalue weighted by Crippen LogP contribution is -2.47. The second-order valence-corrected chi connectivity index (χ2v) is 12.3. The predicted octanol–water partition coefficient (Wildman–Crippen LogP) is 6.19. The normalized spacial score (nSPS) is 19.1. The molecule has 39 heavy (non-hydrogen) atoms. The second-order valence-electron chi connectivity index (χ2n) is 12.3. The minimum Gasteiger partial charge on any atom is -0.493 e. The zero-order valence-corrected chi connectivity index (χ0v) is 25.5. The average molecular weight is 550 g/mol. The van der Waals surface area contributed by atoms with E-state index in [1.54, 1.807) is 14.2 Å². The van der Waals surface area contributed by atoms with Crippen molar-refractivity contribution in [2.45, 2.75) is 98.3 Å². The van der Waals surface area contributed by atoms with Gasteiger partial charge in [-0.05, 0) is 88.3 Å². The number of rotatable bonds is 15. The Hall–Kier alpha value is -2.48. The summed E-state index contributed by atoms with van der Waals surface area (Å²) in [5, 5.41) is 3.05. The summed E-state index contributed by atoms with van der Waals surface area (Å²) in [6.45, 7) is 15.2. The molecule has 8 heteroatoms. The number of amides is 1. The van der Waals surface area contributed by atoms with Gasteiger partial charge in [-0.15, -0.1) is 0 Å². The maximum Gasteiger partial charge on any atom is 0.408 e. The number of alkyl carbamates (subject to hydrolysis) is 1. The number of nitrogens with one attached hydrogen (secondary N) is 1. The monoisotopic (exact) mass is 549 g/mol. The molecule has 1 amide bonds. The van der Waals surface area contributed by atoms with Crippen molar-refractivity contribution in [3.63, 3.8) is 0 Å². The van der Waals surface area contributed by atoms with Gasteiger partial charge in [-0.25, -0.2) is 4.79 Å². The average Bonchev–Trinajstić information content (AvgIpc) is 3.23. The predicted molar refractivity (Wildman–Crippen MR) is 152 cm³/mol. The summed E-state index contributed by atoms with van der Waals surface area (Å²) in [5.41, 5.74) is 0.503. The van der Waals surface area contributed by atoms with Crippen molar-refractivity contribution in [2.75, 3.05) is 27.4 Å². The number of carbonyl (C=O) groups excluding carboxylic acids is 2. The molecule has 2 rings (SSSR count). The standard InChI is InChI=1S/C31H51NO7/c1-20(2)23(16-22-12-13-26(36-9)28(17-22)37-15-11-10-14-35-8)18-25(32-30(34)39-31(5,6)7)27-19-24(21(3)4)29(33)38-27/h12-13,17,20-21,23-25,27H,10-11,14-16,18-19H2,1-9H3,(H,32,34). The Morgan fingerprint density at radius 2 is 1.77 bits per heavy atom. The Morgan fingerprint density at radius 1 is 1.08 bits per heavy atom. The molecule has 4 unspecified atom stereocenters. The minimum atomic E-state index is -0.623. The SMILES string of the molecule is COCCCCOc1cc(CC(CC(NC(=O)OC(C)(C)C)C2CC(C(C)C)C(=O)O2)C(C)C)ccc1OC. The Morgan fingerprint density at radius 3 is 2.33 bits per heavy atom. The molecular weight excluding hydrogens is 498 g/mol. The van der Waals surface area contributed by atoms with Crippen LogP contribution in [-0.4, -0.2) is 57.2 Å². The van der Waals surface area contributed by atoms with Crippen molar-refractivity contribution in [1.29, 1.82) is 0 Å². The number of esters is 1. The van der Waals surface area contributed by atoms with E-state index in [1.807, 2.05) is 46.8 Å². The van der Waals surface area contributed by atoms with E-state index in [0.29, 0.717) is 37.7 Å². The number of cyclic esters (lactones) is 1. The Bertz CT molecular complexity index is 909. The number of unbranched alkanes of at least 4 members (excludes halogenated alkanes) is 1. The fourth-order valence-corrected chi connectivity index (χ4v) is 4.90. The molecule has 1 heterocycles. The summed E-state index contributed by atoms with van der Waals surface area (Å²) in [4.78, 5) is 25.4. The van der Waals surface area contributed by atoms with Crippen LogP contribution >= 0.6 is 0 Å². The van der Waals surface area contributed by atoms with E-state index < -0.39 is 11.7 Å². The molecule has 0 radical (unpaired) electrons. The Kier molecular flexibility index (Phi) is 12.9. The summed E-state index contributed by atoms with van der Waals surface area (Å²) in [5.74, 6) is 1.79. The number of carbonyl (C=O) groups is 2. The van der Waals surface area contributed by atoms with Crippen molar-refractivity contribution in [3.8, 4) is 11.5 Å². The molecule has 1 N–H and O–H groups in total. The van der Waals surface area contributed by atoms with Crippen molar-refractivity contribution >= 4 is 12.1 Å². The molecule has 1 aliphatic heterocycles. The first-order chi connectivity index (χ1) is 18.3. The molecule has 1 saturated heterocycles. The van der Waals surface area contributed by atoms with Crippen LogP contribution in [0.1, 0.15) is 79.7 Å². The van der Waals surface area contributed by atoms with Gasteiger partial charge in [0.05, 0.1) is 25.7 Å². The quantitative estimate of drug-likeness (QED) is 0.206. The maximum atomic E-state index is 12.8. The number of benzene rings is 1. The second kappa shape index (κ2) is 15.3. The molecule has 1 aromatic carbocycles. The molecule has 222 valence electrons. The van der Waals surface area contributed by atoms with E-state index in [2.05, 4.69) is 25.2 Å². The van der Waals surface area contributed by atoms with E-state index in [-0.39, 0.29) is 35.9 Å². The third-order valence-corrected chi connectivity index (χ3v) is 7.24. The number of ether oxygens (including phenoxy) is 5. The number of hydrogen-bond donors (Lipinski definition) is 1. The number of hydrogen-bond acceptors (Lipinski definition) is 7. The maximum absolute atomic E-state index is 12.8. The molecule has 4 atom stereocenters. The molecule has 0 saturated carbocycles. The van der Waals surface area contributed by atoms with Gasteiger partial charge in [0.25, 0.3) is 0 Å². The number of methoxy groups -OCH3 is 2. The summed E-state index contributed by atoms with van der Waals surface area (Å²) >= 11 is 0. The molecule has 0 spiro atoms. The highest BCUT2D eigenvalue weighted by molar-refractivity contribution is 5.75. The van der Waals surface area contributed by atoms with E-state index in [9.17, 15) is 9.59 Å². The highest BCUT2D eigenvalue weighted by atomic mass is 16.6. The highest BCUT2D eigenvalue weighted by Crippen LogP contribution is 2.34. The van der Waals surface area contributed by atoms with Crippen LogP contribution in [0.2, 0.25) is 0 Å².